The van der Waals surface area contributed by atoms with E-state index in [1.54, 1.807) is 0 Å². The summed E-state index contributed by atoms with van der Waals surface area (Å²) < 4.78 is 5.25. The largest absolute Gasteiger partial charge is 0.465 e. The van der Waals surface area contributed by atoms with Crippen LogP contribution < -0.4 is 0 Å². The summed E-state index contributed by atoms with van der Waals surface area (Å²) in [6.07, 6.45) is 0.464. The summed E-state index contributed by atoms with van der Waals surface area (Å²) in [6.45, 7) is 4.31. The van der Waals surface area contributed by atoms with Crippen LogP contribution in [-0.2, 0) is 4.74 Å². The highest BCUT2D eigenvalue weighted by Gasteiger charge is 2.36. The van der Waals surface area contributed by atoms with Gasteiger partial charge >= 0.3 is 6.09 Å². The Hall–Kier alpha value is -0.850. The van der Waals surface area contributed by atoms with Crippen LogP contribution in [0.3, 0.4) is 0 Å². The first-order valence-corrected chi connectivity index (χ1v) is 6.09. The molecule has 6 heteroatoms. The molecule has 2 aliphatic rings. The van der Waals surface area contributed by atoms with E-state index in [9.17, 15) is 9.90 Å². The number of nitrogens with zero attached hydrogens (tertiary/aromatic N) is 2. The molecule has 0 spiro atoms. The SMILES string of the molecule is O=C(O)N1CCCC(O)(CN2CCOCC2)C1. The highest BCUT2D eigenvalue weighted by Crippen LogP contribution is 2.22. The van der Waals surface area contributed by atoms with Gasteiger partial charge in [0.15, 0.2) is 0 Å². The molecule has 2 saturated heterocycles. The maximum atomic E-state index is 10.9. The summed E-state index contributed by atoms with van der Waals surface area (Å²) in [6, 6.07) is 0. The molecule has 0 radical (unpaired) electrons. The Balaban J connectivity index is 1.90. The fourth-order valence-electron chi connectivity index (χ4n) is 2.58. The standard InChI is InChI=1S/C11H20N2O4/c14-10(15)13-3-1-2-11(16,9-13)8-12-4-6-17-7-5-12/h16H,1-9H2,(H,14,15). The summed E-state index contributed by atoms with van der Waals surface area (Å²) in [7, 11) is 0. The highest BCUT2D eigenvalue weighted by atomic mass is 16.5. The van der Waals surface area contributed by atoms with Crippen molar-refractivity contribution in [1.82, 2.24) is 9.80 Å². The number of β-amino-alcohol motifs (C(OH)–C–C–N with tert-alkyl or cyclic N) is 1. The second-order valence-electron chi connectivity index (χ2n) is 4.92. The number of hydrogen-bond donors (Lipinski definition) is 2. The number of amides is 1. The molecule has 1 atom stereocenters. The van der Waals surface area contributed by atoms with Crippen LogP contribution in [0.15, 0.2) is 0 Å². The van der Waals surface area contributed by atoms with Crippen molar-refractivity contribution in [3.63, 3.8) is 0 Å². The number of morpholine rings is 1. The van der Waals surface area contributed by atoms with Gasteiger partial charge in [0.1, 0.15) is 0 Å². The van der Waals surface area contributed by atoms with Crippen LogP contribution in [0.1, 0.15) is 12.8 Å². The predicted octanol–water partition coefficient (Wildman–Crippen LogP) is -0.176. The highest BCUT2D eigenvalue weighted by molar-refractivity contribution is 5.65. The van der Waals surface area contributed by atoms with Crippen molar-refractivity contribution in [2.24, 2.45) is 0 Å². The summed E-state index contributed by atoms with van der Waals surface area (Å²) in [5.41, 5.74) is -0.895. The molecule has 1 amide bonds. The quantitative estimate of drug-likeness (QED) is 0.705. The lowest BCUT2D eigenvalue weighted by Gasteiger charge is -2.41. The molecule has 2 aliphatic heterocycles. The molecule has 0 bridgehead atoms. The van der Waals surface area contributed by atoms with E-state index in [1.165, 1.54) is 4.90 Å². The molecule has 0 saturated carbocycles. The second-order valence-corrected chi connectivity index (χ2v) is 4.92. The third-order valence-corrected chi connectivity index (χ3v) is 3.45. The lowest BCUT2D eigenvalue weighted by molar-refractivity contribution is -0.0652. The van der Waals surface area contributed by atoms with Crippen LogP contribution >= 0.6 is 0 Å². The Morgan fingerprint density at radius 3 is 2.65 bits per heavy atom. The molecule has 0 aliphatic carbocycles. The van der Waals surface area contributed by atoms with Gasteiger partial charge in [0.25, 0.3) is 0 Å². The number of aliphatic hydroxyl groups is 1. The van der Waals surface area contributed by atoms with Crippen LogP contribution in [0, 0.1) is 0 Å². The van der Waals surface area contributed by atoms with Crippen molar-refractivity contribution in [3.8, 4) is 0 Å². The summed E-state index contributed by atoms with van der Waals surface area (Å²) in [4.78, 5) is 14.4. The molecule has 2 heterocycles. The monoisotopic (exact) mass is 244 g/mol. The van der Waals surface area contributed by atoms with Gasteiger partial charge in [-0.3, -0.25) is 4.90 Å². The third-order valence-electron chi connectivity index (χ3n) is 3.45. The van der Waals surface area contributed by atoms with Crippen molar-refractivity contribution in [3.05, 3.63) is 0 Å². The molecular weight excluding hydrogens is 224 g/mol. The molecule has 17 heavy (non-hydrogen) atoms. The van der Waals surface area contributed by atoms with Crippen molar-refractivity contribution < 1.29 is 19.7 Å². The van der Waals surface area contributed by atoms with E-state index >= 15 is 0 Å². The van der Waals surface area contributed by atoms with Gasteiger partial charge in [-0.2, -0.15) is 0 Å². The summed E-state index contributed by atoms with van der Waals surface area (Å²) in [5.74, 6) is 0. The van der Waals surface area contributed by atoms with E-state index in [1.807, 2.05) is 0 Å². The Morgan fingerprint density at radius 2 is 2.00 bits per heavy atom. The average molecular weight is 244 g/mol. The summed E-state index contributed by atoms with van der Waals surface area (Å²) >= 11 is 0. The molecule has 0 aromatic carbocycles. The van der Waals surface area contributed by atoms with E-state index in [0.717, 1.165) is 19.5 Å². The second kappa shape index (κ2) is 5.20. The predicted molar refractivity (Wildman–Crippen MR) is 61.0 cm³/mol. The zero-order valence-corrected chi connectivity index (χ0v) is 9.97. The fraction of sp³-hybridized carbons (Fsp3) is 0.909. The maximum absolute atomic E-state index is 10.9. The third kappa shape index (κ3) is 3.31. The number of hydrogen-bond acceptors (Lipinski definition) is 4. The molecule has 2 fully saturated rings. The van der Waals surface area contributed by atoms with E-state index in [-0.39, 0.29) is 6.54 Å². The molecule has 0 aromatic heterocycles. The van der Waals surface area contributed by atoms with Gasteiger partial charge in [-0.1, -0.05) is 0 Å². The lowest BCUT2D eigenvalue weighted by Crippen LogP contribution is -2.56. The van der Waals surface area contributed by atoms with E-state index in [4.69, 9.17) is 9.84 Å². The van der Waals surface area contributed by atoms with Crippen molar-refractivity contribution >= 4 is 6.09 Å². The minimum atomic E-state index is -0.940. The zero-order chi connectivity index (χ0) is 12.3. The number of carboxylic acid groups (broad SMARTS) is 1. The average Bonchev–Trinajstić information content (AvgIpc) is 2.29. The van der Waals surface area contributed by atoms with Crippen molar-refractivity contribution in [2.75, 3.05) is 45.9 Å². The van der Waals surface area contributed by atoms with Crippen LogP contribution in [0.25, 0.3) is 0 Å². The molecule has 1 unspecified atom stereocenters. The van der Waals surface area contributed by atoms with E-state index in [2.05, 4.69) is 4.90 Å². The first-order valence-electron chi connectivity index (χ1n) is 6.09. The Morgan fingerprint density at radius 1 is 1.29 bits per heavy atom. The van der Waals surface area contributed by atoms with Gasteiger partial charge < -0.3 is 19.8 Å². The van der Waals surface area contributed by atoms with Crippen LogP contribution in [0.4, 0.5) is 4.79 Å². The van der Waals surface area contributed by atoms with Crippen molar-refractivity contribution in [1.29, 1.82) is 0 Å². The minimum Gasteiger partial charge on any atom is -0.465 e. The van der Waals surface area contributed by atoms with Gasteiger partial charge in [0.2, 0.25) is 0 Å². The Bertz CT molecular complexity index is 281. The Labute approximate surface area is 101 Å². The lowest BCUT2D eigenvalue weighted by atomic mass is 9.92. The maximum Gasteiger partial charge on any atom is 0.407 e. The number of ether oxygens (including phenoxy) is 1. The van der Waals surface area contributed by atoms with Gasteiger partial charge in [-0.05, 0) is 12.8 Å². The normalized spacial score (nSPS) is 31.5. The molecule has 6 nitrogen and oxygen atoms in total. The molecular formula is C11H20N2O4. The van der Waals surface area contributed by atoms with Gasteiger partial charge in [0.05, 0.1) is 25.4 Å². The Kier molecular flexibility index (Phi) is 3.86. The number of likely N-dealkylation sites (tertiary alicyclic amines) is 1. The minimum absolute atomic E-state index is 0.222. The van der Waals surface area contributed by atoms with Crippen LogP contribution in [0.5, 0.6) is 0 Å². The van der Waals surface area contributed by atoms with Gasteiger partial charge in [-0.15, -0.1) is 0 Å². The number of piperidine rings is 1. The molecule has 2 rings (SSSR count). The van der Waals surface area contributed by atoms with Crippen LogP contribution in [0.2, 0.25) is 0 Å². The molecule has 0 aromatic rings. The fourth-order valence-corrected chi connectivity index (χ4v) is 2.58. The van der Waals surface area contributed by atoms with E-state index < -0.39 is 11.7 Å². The molecule has 2 N–H and O–H groups in total. The van der Waals surface area contributed by atoms with E-state index in [0.29, 0.717) is 32.7 Å². The smallest absolute Gasteiger partial charge is 0.407 e. The van der Waals surface area contributed by atoms with Gasteiger partial charge in [-0.25, -0.2) is 4.79 Å². The molecule has 98 valence electrons. The number of rotatable bonds is 2. The summed E-state index contributed by atoms with van der Waals surface area (Å²) in [5, 5.41) is 19.4. The number of carbonyl (C=O) groups is 1. The van der Waals surface area contributed by atoms with Gasteiger partial charge in [0, 0.05) is 26.2 Å². The van der Waals surface area contributed by atoms with Crippen molar-refractivity contribution in [2.45, 2.75) is 18.4 Å². The topological polar surface area (TPSA) is 73.2 Å². The first kappa shape index (κ1) is 12.6. The zero-order valence-electron chi connectivity index (χ0n) is 9.97. The first-order chi connectivity index (χ1) is 8.09. The van der Waals surface area contributed by atoms with Crippen LogP contribution in [-0.4, -0.2) is 77.6 Å².